The van der Waals surface area contributed by atoms with Crippen molar-refractivity contribution in [3.05, 3.63) is 12.8 Å². The van der Waals surface area contributed by atoms with Crippen molar-refractivity contribution in [2.45, 2.75) is 0 Å². The Labute approximate surface area is 73.5 Å². The average Bonchev–Trinajstić information content (AvgIpc) is 2.11. The molecule has 0 aromatic carbocycles. The number of nitrogens with two attached hydrogens (primary N) is 1. The Balaban J connectivity index is 3.90. The Hall–Kier alpha value is -1.16. The molecule has 4 nitrogen and oxygen atoms in total. The number of hydrogen-bond acceptors (Lipinski definition) is 4. The third-order valence-electron chi connectivity index (χ3n) is 1.39. The topological polar surface area (TPSA) is 54.0 Å². The Morgan fingerprint density at radius 1 is 1.67 bits per heavy atom. The highest BCUT2D eigenvalue weighted by Crippen LogP contribution is 1.91. The van der Waals surface area contributed by atoms with Crippen LogP contribution in [0, 0.1) is 5.92 Å². The Kier molecular flexibility index (Phi) is 5.91. The minimum absolute atomic E-state index is 0.171. The molecule has 0 aliphatic rings. The van der Waals surface area contributed by atoms with E-state index < -0.39 is 0 Å². The van der Waals surface area contributed by atoms with Crippen LogP contribution in [0.1, 0.15) is 0 Å². The zero-order valence-electron chi connectivity index (χ0n) is 7.48. The van der Waals surface area contributed by atoms with E-state index in [1.54, 1.807) is 24.5 Å². The number of aliphatic imine (C=N–C) groups is 1. The molecule has 68 valence electrons. The van der Waals surface area contributed by atoms with Crippen LogP contribution in [0.5, 0.6) is 0 Å². The minimum Gasteiger partial charge on any atom is -0.330 e. The van der Waals surface area contributed by atoms with Gasteiger partial charge in [0.1, 0.15) is 0 Å². The van der Waals surface area contributed by atoms with Gasteiger partial charge in [-0.2, -0.15) is 5.10 Å². The van der Waals surface area contributed by atoms with Gasteiger partial charge in [0.2, 0.25) is 0 Å². The monoisotopic (exact) mass is 168 g/mol. The van der Waals surface area contributed by atoms with Crippen LogP contribution in [0.2, 0.25) is 0 Å². The summed E-state index contributed by atoms with van der Waals surface area (Å²) in [5.74, 6) is 0.171. The SMILES string of the molecule is C=CN(C)/N=C\C(CN)CN=C. The van der Waals surface area contributed by atoms with Crippen LogP contribution in [0.4, 0.5) is 0 Å². The molecule has 0 rings (SSSR count). The zero-order chi connectivity index (χ0) is 9.40. The highest BCUT2D eigenvalue weighted by molar-refractivity contribution is 5.61. The first kappa shape index (κ1) is 10.8. The van der Waals surface area contributed by atoms with E-state index in [9.17, 15) is 0 Å². The van der Waals surface area contributed by atoms with Crippen molar-refractivity contribution in [2.75, 3.05) is 20.1 Å². The van der Waals surface area contributed by atoms with Crippen molar-refractivity contribution in [2.24, 2.45) is 21.7 Å². The summed E-state index contributed by atoms with van der Waals surface area (Å²) in [6, 6.07) is 0. The smallest absolute Gasteiger partial charge is 0.0472 e. The maximum atomic E-state index is 5.46. The maximum Gasteiger partial charge on any atom is 0.0472 e. The summed E-state index contributed by atoms with van der Waals surface area (Å²) in [5, 5.41) is 5.67. The molecule has 1 atom stereocenters. The number of nitrogens with zero attached hydrogens (tertiary/aromatic N) is 3. The van der Waals surface area contributed by atoms with Crippen LogP contribution in [0.3, 0.4) is 0 Å². The number of rotatable bonds is 6. The molecule has 0 heterocycles. The molecule has 2 N–H and O–H groups in total. The molecule has 1 unspecified atom stereocenters. The fraction of sp³-hybridized carbons (Fsp3) is 0.500. The Bertz CT molecular complexity index is 164. The van der Waals surface area contributed by atoms with E-state index in [4.69, 9.17) is 5.73 Å². The fourth-order valence-corrected chi connectivity index (χ4v) is 0.595. The lowest BCUT2D eigenvalue weighted by Crippen LogP contribution is -2.19. The summed E-state index contributed by atoms with van der Waals surface area (Å²) in [6.45, 7) is 8.10. The summed E-state index contributed by atoms with van der Waals surface area (Å²) in [4.78, 5) is 3.75. The van der Waals surface area contributed by atoms with Gasteiger partial charge in [0.05, 0.1) is 0 Å². The predicted molar refractivity (Wildman–Crippen MR) is 53.4 cm³/mol. The highest BCUT2D eigenvalue weighted by atomic mass is 15.4. The molecule has 0 aromatic rings. The summed E-state index contributed by atoms with van der Waals surface area (Å²) in [5.41, 5.74) is 5.46. The molecular weight excluding hydrogens is 152 g/mol. The number of hydrazone groups is 1. The van der Waals surface area contributed by atoms with Gasteiger partial charge < -0.3 is 10.7 Å². The quantitative estimate of drug-likeness (QED) is 0.459. The third-order valence-corrected chi connectivity index (χ3v) is 1.39. The van der Waals surface area contributed by atoms with Gasteiger partial charge in [-0.1, -0.05) is 6.58 Å². The van der Waals surface area contributed by atoms with Crippen LogP contribution in [0.15, 0.2) is 22.9 Å². The van der Waals surface area contributed by atoms with E-state index >= 15 is 0 Å². The Morgan fingerprint density at radius 3 is 2.75 bits per heavy atom. The second-order valence-electron chi connectivity index (χ2n) is 2.42. The van der Waals surface area contributed by atoms with Crippen LogP contribution >= 0.6 is 0 Å². The number of hydrogen-bond donors (Lipinski definition) is 1. The first-order chi connectivity index (χ1) is 5.74. The molecule has 0 fully saturated rings. The molecule has 0 saturated carbocycles. The molecule has 0 spiro atoms. The zero-order valence-corrected chi connectivity index (χ0v) is 7.48. The Morgan fingerprint density at radius 2 is 2.33 bits per heavy atom. The van der Waals surface area contributed by atoms with Crippen LogP contribution < -0.4 is 5.73 Å². The molecule has 0 aliphatic heterocycles. The van der Waals surface area contributed by atoms with Gasteiger partial charge in [0.15, 0.2) is 0 Å². The molecular formula is C8H16N4. The van der Waals surface area contributed by atoms with E-state index in [0.29, 0.717) is 13.1 Å². The molecule has 12 heavy (non-hydrogen) atoms. The molecule has 0 aromatic heterocycles. The van der Waals surface area contributed by atoms with Gasteiger partial charge in [-0.05, 0) is 6.72 Å². The second-order valence-corrected chi connectivity index (χ2v) is 2.42. The van der Waals surface area contributed by atoms with Crippen molar-refractivity contribution in [3.8, 4) is 0 Å². The molecule has 4 heteroatoms. The first-order valence-corrected chi connectivity index (χ1v) is 3.76. The van der Waals surface area contributed by atoms with Crippen molar-refractivity contribution in [1.29, 1.82) is 0 Å². The van der Waals surface area contributed by atoms with E-state index in [0.717, 1.165) is 0 Å². The molecule has 0 aliphatic carbocycles. The van der Waals surface area contributed by atoms with Gasteiger partial charge in [0.25, 0.3) is 0 Å². The lowest BCUT2D eigenvalue weighted by molar-refractivity contribution is 0.489. The van der Waals surface area contributed by atoms with Gasteiger partial charge in [0, 0.05) is 38.5 Å². The molecule has 0 saturated heterocycles. The van der Waals surface area contributed by atoms with Crippen LogP contribution in [0.25, 0.3) is 0 Å². The van der Waals surface area contributed by atoms with Crippen molar-refractivity contribution in [3.63, 3.8) is 0 Å². The molecule has 0 amide bonds. The summed E-state index contributed by atoms with van der Waals surface area (Å²) < 4.78 is 0. The lowest BCUT2D eigenvalue weighted by Gasteiger charge is -2.08. The van der Waals surface area contributed by atoms with Crippen molar-refractivity contribution >= 4 is 12.9 Å². The predicted octanol–water partition coefficient (Wildman–Crippen LogP) is 0.323. The molecule has 0 bridgehead atoms. The van der Waals surface area contributed by atoms with E-state index in [1.807, 2.05) is 0 Å². The average molecular weight is 168 g/mol. The normalized spacial score (nSPS) is 12.8. The minimum atomic E-state index is 0.171. The van der Waals surface area contributed by atoms with Crippen molar-refractivity contribution in [1.82, 2.24) is 5.01 Å². The van der Waals surface area contributed by atoms with Crippen LogP contribution in [-0.2, 0) is 0 Å². The first-order valence-electron chi connectivity index (χ1n) is 3.76. The maximum absolute atomic E-state index is 5.46. The standard InChI is InChI=1S/C8H16N4/c1-4-12(3)11-7-8(5-9)6-10-2/h4,7-8H,1-2,5-6,9H2,3H3/b11-7-. The van der Waals surface area contributed by atoms with E-state index in [1.165, 1.54) is 0 Å². The third kappa shape index (κ3) is 4.62. The highest BCUT2D eigenvalue weighted by Gasteiger charge is 2.00. The molecule has 0 radical (unpaired) electrons. The van der Waals surface area contributed by atoms with E-state index in [-0.39, 0.29) is 5.92 Å². The summed E-state index contributed by atoms with van der Waals surface area (Å²) in [7, 11) is 1.80. The second kappa shape index (κ2) is 6.54. The van der Waals surface area contributed by atoms with Crippen molar-refractivity contribution < 1.29 is 0 Å². The van der Waals surface area contributed by atoms with E-state index in [2.05, 4.69) is 23.4 Å². The fourth-order valence-electron chi connectivity index (χ4n) is 0.595. The van der Waals surface area contributed by atoms with Gasteiger partial charge in [-0.25, -0.2) is 0 Å². The largest absolute Gasteiger partial charge is 0.330 e. The summed E-state index contributed by atoms with van der Waals surface area (Å²) >= 11 is 0. The van der Waals surface area contributed by atoms with Crippen LogP contribution in [-0.4, -0.2) is 38.1 Å². The van der Waals surface area contributed by atoms with Gasteiger partial charge in [-0.15, -0.1) is 0 Å². The summed E-state index contributed by atoms with van der Waals surface area (Å²) in [6.07, 6.45) is 3.38. The van der Waals surface area contributed by atoms with Gasteiger partial charge in [-0.3, -0.25) is 5.01 Å². The van der Waals surface area contributed by atoms with Gasteiger partial charge >= 0.3 is 0 Å². The lowest BCUT2D eigenvalue weighted by atomic mass is 10.2.